The van der Waals surface area contributed by atoms with Crippen molar-refractivity contribution in [2.24, 2.45) is 0 Å². The van der Waals surface area contributed by atoms with E-state index in [4.69, 9.17) is 4.52 Å². The van der Waals surface area contributed by atoms with Crippen LogP contribution in [0.3, 0.4) is 0 Å². The van der Waals surface area contributed by atoms with Gasteiger partial charge in [0, 0.05) is 17.2 Å². The Morgan fingerprint density at radius 1 is 0.767 bits per heavy atom. The molecule has 5 aromatic rings. The molecule has 0 bridgehead atoms. The van der Waals surface area contributed by atoms with E-state index in [2.05, 4.69) is 15.5 Å². The van der Waals surface area contributed by atoms with E-state index in [1.54, 1.807) is 42.5 Å². The smallest absolute Gasteiger partial charge is 0.190 e. The zero-order chi connectivity index (χ0) is 20.5. The Kier molecular flexibility index (Phi) is 4.40. The molecule has 2 aromatic heterocycles. The molecule has 0 amide bonds. The van der Waals surface area contributed by atoms with E-state index in [-0.39, 0.29) is 5.69 Å². The van der Waals surface area contributed by atoms with Gasteiger partial charge in [-0.05, 0) is 24.3 Å². The molecular weight excluding hydrogens is 386 g/mol. The molecule has 3 aromatic carbocycles. The molecule has 5 nitrogen and oxygen atoms in total. The van der Waals surface area contributed by atoms with Crippen LogP contribution >= 0.6 is 0 Å². The molecule has 0 atom stereocenters. The first kappa shape index (κ1) is 17.9. The summed E-state index contributed by atoms with van der Waals surface area (Å²) in [6.45, 7) is 0. The lowest BCUT2D eigenvalue weighted by atomic mass is 10.1. The highest BCUT2D eigenvalue weighted by Crippen LogP contribution is 2.34. The van der Waals surface area contributed by atoms with Crippen LogP contribution in [0.25, 0.3) is 39.7 Å². The number of para-hydroxylation sites is 1. The number of hydrogen-bond donors (Lipinski definition) is 0. The van der Waals surface area contributed by atoms with Crippen molar-refractivity contribution >= 4 is 0 Å². The number of nitrogens with zero attached hydrogens (tertiary/aromatic N) is 4. The van der Waals surface area contributed by atoms with Crippen molar-refractivity contribution in [3.63, 3.8) is 0 Å². The number of halogens is 2. The minimum absolute atomic E-state index is 0.254. The molecule has 0 N–H and O–H groups in total. The van der Waals surface area contributed by atoms with Gasteiger partial charge >= 0.3 is 0 Å². The monoisotopic (exact) mass is 400 g/mol. The normalized spacial score (nSPS) is 11.0. The van der Waals surface area contributed by atoms with Gasteiger partial charge in [0.1, 0.15) is 28.7 Å². The SMILES string of the molecule is Fc1ccccc1-c1cc(-c2nnn(-c3ccccc3F)c2-c2ccccc2)on1. The first-order chi connectivity index (χ1) is 14.7. The molecule has 5 rings (SSSR count). The highest BCUT2D eigenvalue weighted by Gasteiger charge is 2.23. The van der Waals surface area contributed by atoms with Gasteiger partial charge in [-0.3, -0.25) is 0 Å². The van der Waals surface area contributed by atoms with Gasteiger partial charge < -0.3 is 4.52 Å². The average molecular weight is 400 g/mol. The molecule has 0 fully saturated rings. The summed E-state index contributed by atoms with van der Waals surface area (Å²) in [5, 5.41) is 12.4. The molecule has 0 spiro atoms. The summed E-state index contributed by atoms with van der Waals surface area (Å²) in [5.41, 5.74) is 2.59. The predicted octanol–water partition coefficient (Wildman–Crippen LogP) is 5.53. The van der Waals surface area contributed by atoms with E-state index in [1.165, 1.54) is 16.8 Å². The van der Waals surface area contributed by atoms with E-state index in [0.717, 1.165) is 5.56 Å². The Labute approximate surface area is 170 Å². The van der Waals surface area contributed by atoms with Crippen LogP contribution in [0.1, 0.15) is 0 Å². The van der Waals surface area contributed by atoms with E-state index in [1.807, 2.05) is 30.3 Å². The Morgan fingerprint density at radius 3 is 2.23 bits per heavy atom. The van der Waals surface area contributed by atoms with Crippen LogP contribution in [0.4, 0.5) is 8.78 Å². The number of aromatic nitrogens is 4. The highest BCUT2D eigenvalue weighted by atomic mass is 19.1. The maximum absolute atomic E-state index is 14.5. The van der Waals surface area contributed by atoms with E-state index in [9.17, 15) is 8.78 Å². The predicted molar refractivity (Wildman–Crippen MR) is 108 cm³/mol. The highest BCUT2D eigenvalue weighted by molar-refractivity contribution is 5.78. The van der Waals surface area contributed by atoms with Crippen LogP contribution in [0.5, 0.6) is 0 Å². The summed E-state index contributed by atoms with van der Waals surface area (Å²) in [4.78, 5) is 0. The molecular formula is C23H14F2N4O. The van der Waals surface area contributed by atoms with Gasteiger partial charge in [-0.1, -0.05) is 65.0 Å². The minimum Gasteiger partial charge on any atom is -0.354 e. The van der Waals surface area contributed by atoms with Crippen molar-refractivity contribution < 1.29 is 13.3 Å². The quantitative estimate of drug-likeness (QED) is 0.398. The van der Waals surface area contributed by atoms with Crippen molar-refractivity contribution in [1.82, 2.24) is 20.2 Å². The Morgan fingerprint density at radius 2 is 1.47 bits per heavy atom. The molecule has 0 radical (unpaired) electrons. The summed E-state index contributed by atoms with van der Waals surface area (Å²) in [6.07, 6.45) is 0. The van der Waals surface area contributed by atoms with E-state index < -0.39 is 11.6 Å². The molecule has 7 heteroatoms. The molecule has 146 valence electrons. The summed E-state index contributed by atoms with van der Waals surface area (Å²) in [7, 11) is 0. The molecule has 0 aliphatic carbocycles. The van der Waals surface area contributed by atoms with Crippen LogP contribution in [-0.2, 0) is 0 Å². The third-order valence-electron chi connectivity index (χ3n) is 4.69. The van der Waals surface area contributed by atoms with Crippen molar-refractivity contribution in [3.8, 4) is 39.7 Å². The topological polar surface area (TPSA) is 56.7 Å². The van der Waals surface area contributed by atoms with Crippen LogP contribution < -0.4 is 0 Å². The molecule has 0 unspecified atom stereocenters. The Hall–Kier alpha value is -4.13. The lowest BCUT2D eigenvalue weighted by Gasteiger charge is -2.08. The van der Waals surface area contributed by atoms with Crippen LogP contribution in [0.2, 0.25) is 0 Å². The van der Waals surface area contributed by atoms with Gasteiger partial charge in [0.2, 0.25) is 0 Å². The molecule has 0 aliphatic rings. The van der Waals surface area contributed by atoms with Crippen molar-refractivity contribution in [2.45, 2.75) is 0 Å². The summed E-state index contributed by atoms with van der Waals surface area (Å²) in [6, 6.07) is 23.5. The Bertz CT molecular complexity index is 1330. The zero-order valence-electron chi connectivity index (χ0n) is 15.5. The first-order valence-electron chi connectivity index (χ1n) is 9.20. The van der Waals surface area contributed by atoms with Crippen molar-refractivity contribution in [2.75, 3.05) is 0 Å². The van der Waals surface area contributed by atoms with Gasteiger partial charge in [-0.15, -0.1) is 5.10 Å². The second kappa shape index (κ2) is 7.36. The van der Waals surface area contributed by atoms with Crippen molar-refractivity contribution in [3.05, 3.63) is 96.6 Å². The summed E-state index contributed by atoms with van der Waals surface area (Å²) < 4.78 is 35.5. The lowest BCUT2D eigenvalue weighted by molar-refractivity contribution is 0.433. The number of hydrogen-bond acceptors (Lipinski definition) is 4. The number of rotatable bonds is 4. The molecule has 0 aliphatic heterocycles. The largest absolute Gasteiger partial charge is 0.354 e. The standard InChI is InChI=1S/C23H14F2N4O/c24-17-11-5-4-10-16(17)19-14-21(30-27-19)22-23(15-8-2-1-3-9-15)29(28-26-22)20-13-7-6-12-18(20)25/h1-14H. The molecule has 2 heterocycles. The fourth-order valence-electron chi connectivity index (χ4n) is 3.28. The maximum atomic E-state index is 14.5. The molecule has 0 saturated heterocycles. The van der Waals surface area contributed by atoms with E-state index in [0.29, 0.717) is 28.4 Å². The zero-order valence-corrected chi connectivity index (χ0v) is 15.5. The van der Waals surface area contributed by atoms with Crippen LogP contribution in [-0.4, -0.2) is 20.2 Å². The van der Waals surface area contributed by atoms with Gasteiger partial charge in [0.25, 0.3) is 0 Å². The third-order valence-corrected chi connectivity index (χ3v) is 4.69. The molecule has 0 saturated carbocycles. The van der Waals surface area contributed by atoms with Gasteiger partial charge in [-0.25, -0.2) is 13.5 Å². The second-order valence-electron chi connectivity index (χ2n) is 6.57. The van der Waals surface area contributed by atoms with Gasteiger partial charge in [0.15, 0.2) is 11.5 Å². The summed E-state index contributed by atoms with van der Waals surface area (Å²) >= 11 is 0. The average Bonchev–Trinajstić information content (AvgIpc) is 3.42. The maximum Gasteiger partial charge on any atom is 0.190 e. The van der Waals surface area contributed by atoms with Crippen LogP contribution in [0, 0.1) is 11.6 Å². The first-order valence-corrected chi connectivity index (χ1v) is 9.20. The molecule has 30 heavy (non-hydrogen) atoms. The van der Waals surface area contributed by atoms with Gasteiger partial charge in [0.05, 0.1) is 0 Å². The number of benzene rings is 3. The Balaban J connectivity index is 1.69. The minimum atomic E-state index is -0.434. The fourth-order valence-corrected chi connectivity index (χ4v) is 3.28. The third kappa shape index (κ3) is 3.06. The van der Waals surface area contributed by atoms with Crippen LogP contribution in [0.15, 0.2) is 89.5 Å². The van der Waals surface area contributed by atoms with Gasteiger partial charge in [-0.2, -0.15) is 0 Å². The lowest BCUT2D eigenvalue weighted by Crippen LogP contribution is -2.02. The fraction of sp³-hybridized carbons (Fsp3) is 0. The van der Waals surface area contributed by atoms with Crippen molar-refractivity contribution in [1.29, 1.82) is 0 Å². The second-order valence-corrected chi connectivity index (χ2v) is 6.57. The summed E-state index contributed by atoms with van der Waals surface area (Å²) in [5.74, 6) is -0.541. The van der Waals surface area contributed by atoms with E-state index >= 15 is 0 Å².